The molecule has 0 aliphatic carbocycles. The first-order valence-corrected chi connectivity index (χ1v) is 7.22. The van der Waals surface area contributed by atoms with Crippen LogP contribution < -0.4 is 4.90 Å². The van der Waals surface area contributed by atoms with Crippen LogP contribution in [0.25, 0.3) is 0 Å². The van der Waals surface area contributed by atoms with Crippen molar-refractivity contribution in [3.05, 3.63) is 28.8 Å². The molecular weight excluding hydrogens is 234 g/mol. The predicted octanol–water partition coefficient (Wildman–Crippen LogP) is 4.36. The summed E-state index contributed by atoms with van der Waals surface area (Å²) < 4.78 is 0. The van der Waals surface area contributed by atoms with Crippen LogP contribution in [0.3, 0.4) is 0 Å². The second-order valence-electron chi connectivity index (χ2n) is 5.85. The van der Waals surface area contributed by atoms with Gasteiger partial charge < -0.3 is 4.90 Å². The zero-order valence-corrected chi connectivity index (χ0v) is 13.6. The Morgan fingerprint density at radius 2 is 1.53 bits per heavy atom. The van der Waals surface area contributed by atoms with Gasteiger partial charge in [-0.3, -0.25) is 4.79 Å². The first-order chi connectivity index (χ1) is 8.76. The van der Waals surface area contributed by atoms with Gasteiger partial charge in [0.25, 0.3) is 0 Å². The van der Waals surface area contributed by atoms with Crippen molar-refractivity contribution in [3.63, 3.8) is 0 Å². The maximum absolute atomic E-state index is 12.5. The molecule has 0 bridgehead atoms. The Morgan fingerprint density at radius 3 is 2.00 bits per heavy atom. The van der Waals surface area contributed by atoms with Crippen molar-refractivity contribution in [2.75, 3.05) is 4.90 Å². The molecule has 0 spiro atoms. The highest BCUT2D eigenvalue weighted by Crippen LogP contribution is 2.43. The van der Waals surface area contributed by atoms with E-state index in [-0.39, 0.29) is 11.9 Å². The van der Waals surface area contributed by atoms with Crippen LogP contribution in [-0.4, -0.2) is 11.9 Å². The number of amides is 1. The van der Waals surface area contributed by atoms with Gasteiger partial charge in [0.05, 0.1) is 5.41 Å². The SMILES string of the molecule is CC.Cc1cc2c(cc1C)C(C)(C)C(=O)N2C(C)C. The summed E-state index contributed by atoms with van der Waals surface area (Å²) in [5.41, 5.74) is 4.38. The summed E-state index contributed by atoms with van der Waals surface area (Å²) in [7, 11) is 0. The van der Waals surface area contributed by atoms with Crippen LogP contribution in [0.5, 0.6) is 0 Å². The highest BCUT2D eigenvalue weighted by Gasteiger charge is 2.44. The van der Waals surface area contributed by atoms with E-state index in [1.807, 2.05) is 32.6 Å². The minimum Gasteiger partial charge on any atom is -0.309 e. The second-order valence-corrected chi connectivity index (χ2v) is 5.85. The minimum atomic E-state index is -0.391. The van der Waals surface area contributed by atoms with Crippen LogP contribution in [0.2, 0.25) is 0 Å². The fraction of sp³-hybridized carbons (Fsp3) is 0.588. The molecule has 1 amide bonds. The summed E-state index contributed by atoms with van der Waals surface area (Å²) in [6, 6.07) is 4.53. The summed E-state index contributed by atoms with van der Waals surface area (Å²) in [6.07, 6.45) is 0. The molecule has 0 saturated carbocycles. The van der Waals surface area contributed by atoms with Gasteiger partial charge in [-0.05, 0) is 64.3 Å². The van der Waals surface area contributed by atoms with Gasteiger partial charge in [0.15, 0.2) is 0 Å². The molecule has 0 radical (unpaired) electrons. The molecule has 2 nitrogen and oxygen atoms in total. The zero-order valence-electron chi connectivity index (χ0n) is 13.6. The Labute approximate surface area is 117 Å². The molecule has 1 aliphatic rings. The number of aryl methyl sites for hydroxylation is 2. The first kappa shape index (κ1) is 15.7. The average Bonchev–Trinajstić information content (AvgIpc) is 2.52. The van der Waals surface area contributed by atoms with Crippen molar-refractivity contribution in [2.45, 2.75) is 66.8 Å². The lowest BCUT2D eigenvalue weighted by atomic mass is 9.85. The van der Waals surface area contributed by atoms with Crippen LogP contribution in [0.4, 0.5) is 5.69 Å². The zero-order chi connectivity index (χ0) is 15.0. The molecule has 2 heteroatoms. The van der Waals surface area contributed by atoms with Gasteiger partial charge in [-0.1, -0.05) is 19.9 Å². The molecule has 1 heterocycles. The largest absolute Gasteiger partial charge is 0.309 e. The van der Waals surface area contributed by atoms with Gasteiger partial charge in [-0.15, -0.1) is 0 Å². The Morgan fingerprint density at radius 1 is 1.05 bits per heavy atom. The number of benzene rings is 1. The van der Waals surface area contributed by atoms with E-state index >= 15 is 0 Å². The molecule has 0 fully saturated rings. The normalized spacial score (nSPS) is 16.3. The summed E-state index contributed by atoms with van der Waals surface area (Å²) in [6.45, 7) is 16.4. The van der Waals surface area contributed by atoms with Crippen LogP contribution in [-0.2, 0) is 10.2 Å². The number of hydrogen-bond acceptors (Lipinski definition) is 1. The van der Waals surface area contributed by atoms with Crippen molar-refractivity contribution in [1.82, 2.24) is 0 Å². The topological polar surface area (TPSA) is 20.3 Å². The van der Waals surface area contributed by atoms with E-state index in [0.29, 0.717) is 0 Å². The Balaban J connectivity index is 0.000000861. The fourth-order valence-electron chi connectivity index (χ4n) is 2.54. The molecule has 0 aromatic heterocycles. The molecule has 0 unspecified atom stereocenters. The average molecular weight is 261 g/mol. The molecule has 2 rings (SSSR count). The summed E-state index contributed by atoms with van der Waals surface area (Å²) >= 11 is 0. The van der Waals surface area contributed by atoms with Crippen molar-refractivity contribution in [2.24, 2.45) is 0 Å². The lowest BCUT2D eigenvalue weighted by Crippen LogP contribution is -2.40. The van der Waals surface area contributed by atoms with Gasteiger partial charge in [-0.25, -0.2) is 0 Å². The van der Waals surface area contributed by atoms with Gasteiger partial charge in [0.1, 0.15) is 0 Å². The summed E-state index contributed by atoms with van der Waals surface area (Å²) in [5.74, 6) is 0.215. The highest BCUT2D eigenvalue weighted by atomic mass is 16.2. The lowest BCUT2D eigenvalue weighted by molar-refractivity contribution is -0.122. The maximum atomic E-state index is 12.5. The number of carbonyl (C=O) groups is 1. The van der Waals surface area contributed by atoms with Crippen LogP contribution >= 0.6 is 0 Å². The maximum Gasteiger partial charge on any atom is 0.237 e. The van der Waals surface area contributed by atoms with E-state index in [4.69, 9.17) is 0 Å². The van der Waals surface area contributed by atoms with Crippen LogP contribution in [0, 0.1) is 13.8 Å². The van der Waals surface area contributed by atoms with Crippen LogP contribution in [0.1, 0.15) is 58.2 Å². The van der Waals surface area contributed by atoms with E-state index in [2.05, 4.69) is 39.8 Å². The third-order valence-corrected chi connectivity index (χ3v) is 3.81. The number of hydrogen-bond donors (Lipinski definition) is 0. The number of rotatable bonds is 1. The van der Waals surface area contributed by atoms with E-state index < -0.39 is 5.41 Å². The monoisotopic (exact) mass is 261 g/mol. The molecule has 1 aromatic rings. The molecule has 0 N–H and O–H groups in total. The van der Waals surface area contributed by atoms with Gasteiger partial charge in [0.2, 0.25) is 5.91 Å². The quantitative estimate of drug-likeness (QED) is 0.735. The van der Waals surface area contributed by atoms with E-state index in [9.17, 15) is 4.79 Å². The highest BCUT2D eigenvalue weighted by molar-refractivity contribution is 6.08. The standard InChI is InChI=1S/C15H21NO.C2H6/c1-9(2)16-13-8-11(4)10(3)7-12(13)15(5,6)14(16)17;1-2/h7-9H,1-6H3;1-2H3. The predicted molar refractivity (Wildman–Crippen MR) is 82.9 cm³/mol. The molecule has 1 aromatic carbocycles. The van der Waals surface area contributed by atoms with Crippen molar-refractivity contribution in [1.29, 1.82) is 0 Å². The van der Waals surface area contributed by atoms with E-state index in [1.165, 1.54) is 16.7 Å². The van der Waals surface area contributed by atoms with E-state index in [0.717, 1.165) is 5.69 Å². The number of carbonyl (C=O) groups excluding carboxylic acids is 1. The number of anilines is 1. The summed E-state index contributed by atoms with van der Waals surface area (Å²) in [5, 5.41) is 0. The van der Waals surface area contributed by atoms with Gasteiger partial charge in [-0.2, -0.15) is 0 Å². The minimum absolute atomic E-state index is 0.213. The van der Waals surface area contributed by atoms with Crippen molar-refractivity contribution < 1.29 is 4.79 Å². The second kappa shape index (κ2) is 5.36. The molecule has 1 aliphatic heterocycles. The molecule has 0 atom stereocenters. The number of nitrogens with zero attached hydrogens (tertiary/aromatic N) is 1. The van der Waals surface area contributed by atoms with Crippen molar-refractivity contribution >= 4 is 11.6 Å². The molecule has 0 saturated heterocycles. The van der Waals surface area contributed by atoms with Gasteiger partial charge in [0, 0.05) is 11.7 Å². The molecular formula is C17H27NO. The van der Waals surface area contributed by atoms with Crippen molar-refractivity contribution in [3.8, 4) is 0 Å². The lowest BCUT2D eigenvalue weighted by Gasteiger charge is -2.24. The Bertz CT molecular complexity index is 486. The van der Waals surface area contributed by atoms with E-state index in [1.54, 1.807) is 0 Å². The fourth-order valence-corrected chi connectivity index (χ4v) is 2.54. The smallest absolute Gasteiger partial charge is 0.237 e. The molecule has 19 heavy (non-hydrogen) atoms. The Kier molecular flexibility index (Phi) is 4.44. The van der Waals surface area contributed by atoms with Crippen LogP contribution in [0.15, 0.2) is 12.1 Å². The first-order valence-electron chi connectivity index (χ1n) is 7.22. The third-order valence-electron chi connectivity index (χ3n) is 3.81. The molecule has 106 valence electrons. The van der Waals surface area contributed by atoms with Gasteiger partial charge >= 0.3 is 0 Å². The Hall–Kier alpha value is -1.31. The third kappa shape index (κ3) is 2.41. The summed E-state index contributed by atoms with van der Waals surface area (Å²) in [4.78, 5) is 14.4. The number of fused-ring (bicyclic) bond motifs is 1.